The molecule has 0 aliphatic heterocycles. The molecule has 0 saturated carbocycles. The second-order valence-electron chi connectivity index (χ2n) is 5.38. The fourth-order valence-corrected chi connectivity index (χ4v) is 2.85. The van der Waals surface area contributed by atoms with Gasteiger partial charge >= 0.3 is 0 Å². The van der Waals surface area contributed by atoms with Crippen molar-refractivity contribution in [3.63, 3.8) is 0 Å². The summed E-state index contributed by atoms with van der Waals surface area (Å²) in [5.74, 6) is -1.74. The first-order valence-corrected chi connectivity index (χ1v) is 7.28. The lowest BCUT2D eigenvalue weighted by molar-refractivity contribution is -0.308. The highest BCUT2D eigenvalue weighted by Crippen LogP contribution is 2.23. The molecule has 22 heavy (non-hydrogen) atoms. The Morgan fingerprint density at radius 1 is 1.00 bits per heavy atom. The minimum Gasteiger partial charge on any atom is -0.549 e. The van der Waals surface area contributed by atoms with Gasteiger partial charge in [0.2, 0.25) is 0 Å². The molecule has 3 aromatic rings. The first kappa shape index (κ1) is 14.3. The molecule has 110 valence electrons. The highest BCUT2D eigenvalue weighted by atomic mass is 16.4. The molecule has 0 radical (unpaired) electrons. The van der Waals surface area contributed by atoms with Crippen LogP contribution in [0.3, 0.4) is 0 Å². The van der Waals surface area contributed by atoms with Gasteiger partial charge < -0.3 is 9.90 Å². The average Bonchev–Trinajstić information content (AvgIpc) is 2.66. The zero-order valence-electron chi connectivity index (χ0n) is 12.2. The van der Waals surface area contributed by atoms with Crippen LogP contribution in [0, 0.1) is 0 Å². The Morgan fingerprint density at radius 3 is 2.41 bits per heavy atom. The molecule has 0 saturated heterocycles. The molecule has 0 heterocycles. The van der Waals surface area contributed by atoms with Crippen molar-refractivity contribution < 1.29 is 9.90 Å². The second-order valence-corrected chi connectivity index (χ2v) is 5.38. The Hall–Kier alpha value is -2.68. The molecule has 3 heteroatoms. The number of hydrogen-bond donors (Lipinski definition) is 0. The van der Waals surface area contributed by atoms with E-state index in [1.165, 1.54) is 0 Å². The summed E-state index contributed by atoms with van der Waals surface area (Å²) in [5, 5.41) is 14.1. The van der Waals surface area contributed by atoms with Crippen molar-refractivity contribution in [2.24, 2.45) is 0 Å². The summed E-state index contributed by atoms with van der Waals surface area (Å²) in [6.07, 6.45) is 0.457. The monoisotopic (exact) mass is 291 g/mol. The van der Waals surface area contributed by atoms with Crippen molar-refractivity contribution in [1.82, 2.24) is 0 Å². The van der Waals surface area contributed by atoms with Crippen LogP contribution in [0.1, 0.15) is 24.8 Å². The Balaban J connectivity index is 2.33. The van der Waals surface area contributed by atoms with Gasteiger partial charge in [0, 0.05) is 22.7 Å². The van der Waals surface area contributed by atoms with Gasteiger partial charge in [0.05, 0.1) is 0 Å². The minimum absolute atomic E-state index is 0.0383. The zero-order valence-corrected chi connectivity index (χ0v) is 12.2. The van der Waals surface area contributed by atoms with Gasteiger partial charge in [0.15, 0.2) is 5.43 Å². The lowest BCUT2D eigenvalue weighted by Crippen LogP contribution is -2.29. The molecule has 0 spiro atoms. The first-order chi connectivity index (χ1) is 10.6. The smallest absolute Gasteiger partial charge is 0.194 e. The number of carbonyl (C=O) groups excluding carboxylic acids is 1. The van der Waals surface area contributed by atoms with E-state index in [0.29, 0.717) is 22.8 Å². The molecule has 0 fully saturated rings. The van der Waals surface area contributed by atoms with Crippen molar-refractivity contribution in [2.75, 3.05) is 0 Å². The summed E-state index contributed by atoms with van der Waals surface area (Å²) in [5.41, 5.74) is 0.633. The SMILES string of the molecule is CCC(C(=O)[O-])c1ccc2c(=O)c3ccccc3ccc2c1. The van der Waals surface area contributed by atoms with Crippen molar-refractivity contribution >= 4 is 27.5 Å². The average molecular weight is 291 g/mol. The summed E-state index contributed by atoms with van der Waals surface area (Å²) in [4.78, 5) is 23.9. The Labute approximate surface area is 127 Å². The lowest BCUT2D eigenvalue weighted by atomic mass is 9.95. The van der Waals surface area contributed by atoms with Gasteiger partial charge in [0.1, 0.15) is 0 Å². The van der Waals surface area contributed by atoms with E-state index in [1.54, 1.807) is 24.3 Å². The van der Waals surface area contributed by atoms with Gasteiger partial charge in [-0.1, -0.05) is 61.5 Å². The Morgan fingerprint density at radius 2 is 1.68 bits per heavy atom. The summed E-state index contributed by atoms with van der Waals surface area (Å²) in [6, 6.07) is 16.4. The van der Waals surface area contributed by atoms with E-state index in [4.69, 9.17) is 0 Å². The Kier molecular flexibility index (Phi) is 3.63. The Bertz CT molecular complexity index is 928. The molecule has 0 amide bonds. The fraction of sp³-hybridized carbons (Fsp3) is 0.158. The van der Waals surface area contributed by atoms with E-state index in [-0.39, 0.29) is 5.43 Å². The molecule has 0 aliphatic carbocycles. The van der Waals surface area contributed by atoms with Crippen molar-refractivity contribution in [2.45, 2.75) is 19.3 Å². The van der Waals surface area contributed by atoms with Gasteiger partial charge in [-0.05, 0) is 22.8 Å². The number of rotatable bonds is 3. The highest BCUT2D eigenvalue weighted by molar-refractivity contribution is 5.93. The van der Waals surface area contributed by atoms with E-state index < -0.39 is 11.9 Å². The summed E-state index contributed by atoms with van der Waals surface area (Å²) >= 11 is 0. The maximum absolute atomic E-state index is 12.6. The van der Waals surface area contributed by atoms with E-state index in [2.05, 4.69) is 0 Å². The molecule has 3 rings (SSSR count). The number of carboxylic acid groups (broad SMARTS) is 1. The van der Waals surface area contributed by atoms with Crippen LogP contribution in [0.15, 0.2) is 59.4 Å². The van der Waals surface area contributed by atoms with Crippen LogP contribution < -0.4 is 10.5 Å². The quantitative estimate of drug-likeness (QED) is 0.745. The third-order valence-electron chi connectivity index (χ3n) is 4.06. The van der Waals surface area contributed by atoms with Crippen LogP contribution in [0.5, 0.6) is 0 Å². The van der Waals surface area contributed by atoms with Crippen LogP contribution in [0.2, 0.25) is 0 Å². The van der Waals surface area contributed by atoms with Gasteiger partial charge in [-0.2, -0.15) is 0 Å². The normalized spacial score (nSPS) is 12.4. The van der Waals surface area contributed by atoms with E-state index >= 15 is 0 Å². The minimum atomic E-state index is -1.09. The van der Waals surface area contributed by atoms with Crippen LogP contribution >= 0.6 is 0 Å². The van der Waals surface area contributed by atoms with E-state index in [9.17, 15) is 14.7 Å². The van der Waals surface area contributed by atoms with Crippen LogP contribution in [-0.2, 0) is 4.79 Å². The van der Waals surface area contributed by atoms with Gasteiger partial charge in [-0.25, -0.2) is 0 Å². The van der Waals surface area contributed by atoms with Crippen LogP contribution in [0.25, 0.3) is 21.5 Å². The predicted octanol–water partition coefficient (Wildman–Crippen LogP) is 2.60. The molecular formula is C19H15O3-. The zero-order chi connectivity index (χ0) is 15.7. The summed E-state index contributed by atoms with van der Waals surface area (Å²) < 4.78 is 0. The molecular weight excluding hydrogens is 276 g/mol. The maximum Gasteiger partial charge on any atom is 0.194 e. The fourth-order valence-electron chi connectivity index (χ4n) is 2.85. The lowest BCUT2D eigenvalue weighted by Gasteiger charge is -2.16. The van der Waals surface area contributed by atoms with Gasteiger partial charge in [0.25, 0.3) is 0 Å². The second kappa shape index (κ2) is 5.60. The molecule has 0 aliphatic rings. The largest absolute Gasteiger partial charge is 0.549 e. The molecule has 0 N–H and O–H groups in total. The van der Waals surface area contributed by atoms with Crippen LogP contribution in [0.4, 0.5) is 0 Å². The topological polar surface area (TPSA) is 57.2 Å². The van der Waals surface area contributed by atoms with Crippen molar-refractivity contribution in [3.8, 4) is 0 Å². The highest BCUT2D eigenvalue weighted by Gasteiger charge is 2.11. The number of carboxylic acids is 1. The van der Waals surface area contributed by atoms with Crippen molar-refractivity contribution in [3.05, 3.63) is 70.4 Å². The molecule has 0 bridgehead atoms. The van der Waals surface area contributed by atoms with Crippen LogP contribution in [-0.4, -0.2) is 5.97 Å². The number of fused-ring (bicyclic) bond motifs is 2. The molecule has 1 atom stereocenters. The van der Waals surface area contributed by atoms with Gasteiger partial charge in [-0.3, -0.25) is 4.79 Å². The molecule has 0 aromatic heterocycles. The third kappa shape index (κ3) is 2.35. The number of benzene rings is 2. The maximum atomic E-state index is 12.6. The van der Waals surface area contributed by atoms with E-state index in [1.807, 2.05) is 37.3 Å². The first-order valence-electron chi connectivity index (χ1n) is 7.28. The number of aliphatic carboxylic acids is 1. The van der Waals surface area contributed by atoms with E-state index in [0.717, 1.165) is 10.8 Å². The molecule has 3 nitrogen and oxygen atoms in total. The standard InChI is InChI=1S/C19H16O3/c1-2-15(19(21)22)13-9-10-17-14(11-13)8-7-12-5-3-4-6-16(12)18(17)20/h3-11,15H,2H2,1H3,(H,21,22)/p-1. The summed E-state index contributed by atoms with van der Waals surface area (Å²) in [6.45, 7) is 1.81. The van der Waals surface area contributed by atoms with Crippen molar-refractivity contribution in [1.29, 1.82) is 0 Å². The third-order valence-corrected chi connectivity index (χ3v) is 4.06. The predicted molar refractivity (Wildman–Crippen MR) is 85.8 cm³/mol. The number of hydrogen-bond acceptors (Lipinski definition) is 3. The molecule has 1 unspecified atom stereocenters. The molecule has 3 aromatic carbocycles. The summed E-state index contributed by atoms with van der Waals surface area (Å²) in [7, 11) is 0. The number of carbonyl (C=O) groups is 1. The van der Waals surface area contributed by atoms with Gasteiger partial charge in [-0.15, -0.1) is 0 Å².